The van der Waals surface area contributed by atoms with Gasteiger partial charge in [-0.1, -0.05) is 12.1 Å². The summed E-state index contributed by atoms with van der Waals surface area (Å²) in [4.78, 5) is 20.7. The van der Waals surface area contributed by atoms with Crippen molar-refractivity contribution in [1.29, 1.82) is 0 Å². The van der Waals surface area contributed by atoms with Crippen LogP contribution in [0.15, 0.2) is 29.4 Å². The molecule has 9 nitrogen and oxygen atoms in total. The second-order valence-electron chi connectivity index (χ2n) is 3.69. The third-order valence-corrected chi connectivity index (χ3v) is 2.19. The number of nitro groups is 1. The van der Waals surface area contributed by atoms with E-state index in [1.54, 1.807) is 24.3 Å². The number of hydrazone groups is 1. The molecule has 1 aromatic rings. The number of carbonyl (C=O) groups is 1. The van der Waals surface area contributed by atoms with E-state index in [0.29, 0.717) is 5.69 Å². The predicted octanol–water partition coefficient (Wildman–Crippen LogP) is -0.0189. The Labute approximate surface area is 120 Å². The number of benzene rings is 1. The minimum absolute atomic E-state index is 0. The summed E-state index contributed by atoms with van der Waals surface area (Å²) in [6.07, 6.45) is 0.189. The number of rotatable bonds is 5. The molecule has 0 fully saturated rings. The number of nitrogens with one attached hydrogen (secondary N) is 1. The van der Waals surface area contributed by atoms with Crippen LogP contribution < -0.4 is 16.8 Å². The number of guanidine groups is 1. The smallest absolute Gasteiger partial charge is 0.320 e. The van der Waals surface area contributed by atoms with Gasteiger partial charge in [0.05, 0.1) is 0 Å². The highest BCUT2D eigenvalue weighted by Gasteiger charge is 2.11. The van der Waals surface area contributed by atoms with Crippen molar-refractivity contribution in [3.05, 3.63) is 39.9 Å². The van der Waals surface area contributed by atoms with Crippen molar-refractivity contribution in [2.45, 2.75) is 12.5 Å². The van der Waals surface area contributed by atoms with E-state index in [-0.39, 0.29) is 24.8 Å². The van der Waals surface area contributed by atoms with E-state index in [1.165, 1.54) is 0 Å². The van der Waals surface area contributed by atoms with Crippen LogP contribution in [0.1, 0.15) is 5.56 Å². The van der Waals surface area contributed by atoms with E-state index in [1.807, 2.05) is 0 Å². The lowest BCUT2D eigenvalue weighted by Crippen LogP contribution is -2.32. The Kier molecular flexibility index (Phi) is 6.97. The molecule has 0 saturated carbocycles. The van der Waals surface area contributed by atoms with Crippen LogP contribution in [0.3, 0.4) is 0 Å². The summed E-state index contributed by atoms with van der Waals surface area (Å²) >= 11 is 0. The molecule has 1 aromatic carbocycles. The molecule has 1 rings (SSSR count). The Bertz CT molecular complexity index is 505. The molecule has 20 heavy (non-hydrogen) atoms. The van der Waals surface area contributed by atoms with Crippen LogP contribution in [-0.4, -0.2) is 28.1 Å². The summed E-state index contributed by atoms with van der Waals surface area (Å²) in [6, 6.07) is 5.49. The second kappa shape index (κ2) is 7.92. The SMILES string of the molecule is Cl.NC(=N[N+](=O)[O-])Nc1ccc(CC(N)C(=O)O)cc1. The van der Waals surface area contributed by atoms with Gasteiger partial charge >= 0.3 is 5.97 Å². The van der Waals surface area contributed by atoms with Crippen molar-refractivity contribution in [3.63, 3.8) is 0 Å². The van der Waals surface area contributed by atoms with Gasteiger partial charge in [-0.25, -0.2) is 10.1 Å². The highest BCUT2D eigenvalue weighted by molar-refractivity contribution is 5.91. The van der Waals surface area contributed by atoms with Gasteiger partial charge in [-0.05, 0) is 24.1 Å². The quantitative estimate of drug-likeness (QED) is 0.257. The summed E-state index contributed by atoms with van der Waals surface area (Å²) in [5.41, 5.74) is 11.9. The van der Waals surface area contributed by atoms with E-state index >= 15 is 0 Å². The summed E-state index contributed by atoms with van der Waals surface area (Å²) in [5, 5.41) is 23.2. The fourth-order valence-electron chi connectivity index (χ4n) is 1.33. The van der Waals surface area contributed by atoms with E-state index in [4.69, 9.17) is 16.6 Å². The molecule has 0 radical (unpaired) electrons. The number of halogens is 1. The van der Waals surface area contributed by atoms with Gasteiger partial charge in [-0.2, -0.15) is 0 Å². The molecule has 0 aromatic heterocycles. The molecule has 1 unspecified atom stereocenters. The maximum Gasteiger partial charge on any atom is 0.320 e. The molecule has 0 saturated heterocycles. The first-order valence-electron chi connectivity index (χ1n) is 5.21. The number of nitrogens with zero attached hydrogens (tertiary/aromatic N) is 2. The second-order valence-corrected chi connectivity index (χ2v) is 3.69. The molecule has 10 heteroatoms. The molecule has 0 amide bonds. The Balaban J connectivity index is 0.00000361. The van der Waals surface area contributed by atoms with Gasteiger partial charge in [0.2, 0.25) is 0 Å². The maximum absolute atomic E-state index is 10.6. The van der Waals surface area contributed by atoms with Gasteiger partial charge in [-0.3, -0.25) is 4.79 Å². The third kappa shape index (κ3) is 5.98. The molecule has 0 aliphatic heterocycles. The van der Waals surface area contributed by atoms with Crippen LogP contribution in [-0.2, 0) is 11.2 Å². The lowest BCUT2D eigenvalue weighted by Gasteiger charge is -2.07. The number of aliphatic carboxylic acids is 1. The Morgan fingerprint density at radius 3 is 2.45 bits per heavy atom. The molecule has 0 aliphatic carbocycles. The van der Waals surface area contributed by atoms with Crippen molar-refractivity contribution in [1.82, 2.24) is 0 Å². The maximum atomic E-state index is 10.6. The van der Waals surface area contributed by atoms with E-state index in [2.05, 4.69) is 10.4 Å². The minimum atomic E-state index is -1.08. The minimum Gasteiger partial charge on any atom is -0.480 e. The molecule has 0 heterocycles. The predicted molar refractivity (Wildman–Crippen MR) is 75.2 cm³/mol. The van der Waals surface area contributed by atoms with Crippen molar-refractivity contribution < 1.29 is 14.9 Å². The monoisotopic (exact) mass is 303 g/mol. The number of nitrogens with two attached hydrogens (primary N) is 2. The molecule has 6 N–H and O–H groups in total. The first-order chi connectivity index (χ1) is 8.88. The van der Waals surface area contributed by atoms with Crippen LogP contribution in [0.4, 0.5) is 5.69 Å². The number of hydrogen-bond donors (Lipinski definition) is 4. The van der Waals surface area contributed by atoms with Gasteiger partial charge in [0, 0.05) is 5.69 Å². The average molecular weight is 304 g/mol. The topological polar surface area (TPSA) is 157 Å². The third-order valence-electron chi connectivity index (χ3n) is 2.19. The lowest BCUT2D eigenvalue weighted by molar-refractivity contribution is -0.485. The lowest BCUT2D eigenvalue weighted by atomic mass is 10.1. The molecule has 1 atom stereocenters. The highest BCUT2D eigenvalue weighted by Crippen LogP contribution is 2.10. The van der Waals surface area contributed by atoms with Crippen molar-refractivity contribution in [2.75, 3.05) is 5.32 Å². The molecular formula is C10H14ClN5O4. The fourth-order valence-corrected chi connectivity index (χ4v) is 1.33. The Morgan fingerprint density at radius 2 is 2.00 bits per heavy atom. The molecule has 110 valence electrons. The van der Waals surface area contributed by atoms with Crippen molar-refractivity contribution in [3.8, 4) is 0 Å². The van der Waals surface area contributed by atoms with Gasteiger partial charge in [0.1, 0.15) is 11.1 Å². The van der Waals surface area contributed by atoms with Crippen molar-refractivity contribution >= 4 is 30.0 Å². The largest absolute Gasteiger partial charge is 0.480 e. The van der Waals surface area contributed by atoms with Gasteiger partial charge in [0.25, 0.3) is 5.96 Å². The Morgan fingerprint density at radius 1 is 1.45 bits per heavy atom. The first kappa shape index (κ1) is 17.6. The Hall–Kier alpha value is -2.39. The van der Waals surface area contributed by atoms with Crippen LogP contribution in [0.25, 0.3) is 0 Å². The zero-order valence-electron chi connectivity index (χ0n) is 10.2. The van der Waals surface area contributed by atoms with Gasteiger partial charge in [0.15, 0.2) is 5.03 Å². The average Bonchev–Trinajstić information content (AvgIpc) is 2.30. The normalized spacial score (nSPS) is 12.2. The highest BCUT2D eigenvalue weighted by atomic mass is 35.5. The van der Waals surface area contributed by atoms with Crippen LogP contribution in [0, 0.1) is 10.1 Å². The molecule has 0 bridgehead atoms. The first-order valence-corrected chi connectivity index (χ1v) is 5.21. The summed E-state index contributed by atoms with van der Waals surface area (Å²) < 4.78 is 0. The number of anilines is 1. The standard InChI is InChI=1S/C10H13N5O4.ClH/c11-8(9(16)17)5-6-1-3-7(4-2-6)13-10(12)14-15(18)19;/h1-4,8H,5,11H2,(H,16,17)(H3,12,13,14);1H. The van der Waals surface area contributed by atoms with Gasteiger partial charge < -0.3 is 21.9 Å². The molecule has 0 aliphatic rings. The van der Waals surface area contributed by atoms with E-state index < -0.39 is 17.0 Å². The molecular weight excluding hydrogens is 290 g/mol. The summed E-state index contributed by atoms with van der Waals surface area (Å²) in [5.74, 6) is -1.43. The number of carboxylic acid groups (broad SMARTS) is 1. The molecule has 0 spiro atoms. The van der Waals surface area contributed by atoms with Gasteiger partial charge in [-0.15, -0.1) is 12.4 Å². The zero-order chi connectivity index (χ0) is 14.4. The van der Waals surface area contributed by atoms with Crippen molar-refractivity contribution in [2.24, 2.45) is 16.6 Å². The van der Waals surface area contributed by atoms with Crippen LogP contribution in [0.2, 0.25) is 0 Å². The van der Waals surface area contributed by atoms with Crippen LogP contribution in [0.5, 0.6) is 0 Å². The zero-order valence-corrected chi connectivity index (χ0v) is 11.0. The fraction of sp³-hybridized carbons (Fsp3) is 0.200. The van der Waals surface area contributed by atoms with E-state index in [0.717, 1.165) is 5.56 Å². The number of carboxylic acids is 1. The van der Waals surface area contributed by atoms with Crippen LogP contribution >= 0.6 is 12.4 Å². The summed E-state index contributed by atoms with van der Waals surface area (Å²) in [6.45, 7) is 0. The van der Waals surface area contributed by atoms with E-state index in [9.17, 15) is 14.9 Å². The number of hydrogen-bond acceptors (Lipinski definition) is 4. The summed E-state index contributed by atoms with van der Waals surface area (Å²) in [7, 11) is 0.